The molecule has 0 unspecified atom stereocenters. The third-order valence-electron chi connectivity index (χ3n) is 4.14. The summed E-state index contributed by atoms with van der Waals surface area (Å²) < 4.78 is 2.23. The molecule has 1 N–H and O–H groups in total. The van der Waals surface area contributed by atoms with Crippen LogP contribution in [0.3, 0.4) is 0 Å². The molecule has 0 radical (unpaired) electrons. The molecular formula is C17H23N3. The van der Waals surface area contributed by atoms with Gasteiger partial charge >= 0.3 is 0 Å². The number of hydrogen-bond acceptors (Lipinski definition) is 2. The average Bonchev–Trinajstić information content (AvgIpc) is 2.76. The largest absolute Gasteiger partial charge is 0.330 e. The van der Waals surface area contributed by atoms with E-state index < -0.39 is 0 Å². The van der Waals surface area contributed by atoms with Crippen molar-refractivity contribution in [2.45, 2.75) is 39.2 Å². The Morgan fingerprint density at radius 3 is 2.45 bits per heavy atom. The third kappa shape index (κ3) is 2.27. The van der Waals surface area contributed by atoms with Crippen LogP contribution in [-0.4, -0.2) is 16.1 Å². The van der Waals surface area contributed by atoms with Gasteiger partial charge in [-0.3, -0.25) is 0 Å². The third-order valence-corrected chi connectivity index (χ3v) is 4.14. The summed E-state index contributed by atoms with van der Waals surface area (Å²) in [4.78, 5) is 4.84. The van der Waals surface area contributed by atoms with Crippen molar-refractivity contribution in [1.82, 2.24) is 14.9 Å². The zero-order chi connectivity index (χ0) is 14.3. The van der Waals surface area contributed by atoms with Crippen LogP contribution in [-0.2, 0) is 25.4 Å². The first-order valence-corrected chi connectivity index (χ1v) is 7.33. The van der Waals surface area contributed by atoms with Gasteiger partial charge in [-0.1, -0.05) is 45.0 Å². The van der Waals surface area contributed by atoms with Crippen molar-refractivity contribution in [3.63, 3.8) is 0 Å². The van der Waals surface area contributed by atoms with Crippen molar-refractivity contribution >= 4 is 0 Å². The molecule has 1 aromatic carbocycles. The maximum absolute atomic E-state index is 4.84. The molecule has 1 aliphatic heterocycles. The van der Waals surface area contributed by atoms with Crippen molar-refractivity contribution in [2.24, 2.45) is 7.05 Å². The van der Waals surface area contributed by atoms with Crippen molar-refractivity contribution in [3.05, 3.63) is 41.2 Å². The predicted octanol–water partition coefficient (Wildman–Crippen LogP) is 3.03. The minimum absolute atomic E-state index is 0.198. The van der Waals surface area contributed by atoms with E-state index in [2.05, 4.69) is 62.0 Å². The number of nitrogens with zero attached hydrogens (tertiary/aromatic N) is 2. The highest BCUT2D eigenvalue weighted by Gasteiger charge is 2.19. The van der Waals surface area contributed by atoms with Crippen molar-refractivity contribution in [1.29, 1.82) is 0 Å². The Kier molecular flexibility index (Phi) is 3.17. The molecule has 2 heterocycles. The second-order valence-electron chi connectivity index (χ2n) is 6.64. The van der Waals surface area contributed by atoms with Crippen molar-refractivity contribution in [3.8, 4) is 11.4 Å². The molecule has 106 valence electrons. The number of rotatable bonds is 1. The molecule has 3 nitrogen and oxygen atoms in total. The molecule has 3 heteroatoms. The number of aromatic nitrogens is 2. The standard InChI is InChI=1S/C17H23N3/c1-17(2,3)13-7-5-12(6-8-13)16-19-14-9-10-18-11-15(14)20(16)4/h5-8,18H,9-11H2,1-4H3. The average molecular weight is 269 g/mol. The molecule has 0 aliphatic carbocycles. The highest BCUT2D eigenvalue weighted by atomic mass is 15.1. The van der Waals surface area contributed by atoms with E-state index in [9.17, 15) is 0 Å². The van der Waals surface area contributed by atoms with Gasteiger partial charge in [0.25, 0.3) is 0 Å². The van der Waals surface area contributed by atoms with E-state index in [-0.39, 0.29) is 5.41 Å². The van der Waals surface area contributed by atoms with Crippen LogP contribution in [0.5, 0.6) is 0 Å². The number of nitrogens with one attached hydrogen (secondary N) is 1. The Bertz CT molecular complexity index is 615. The normalized spacial score (nSPS) is 15.2. The van der Waals surface area contributed by atoms with Gasteiger partial charge in [0.15, 0.2) is 0 Å². The van der Waals surface area contributed by atoms with E-state index in [1.807, 2.05) is 0 Å². The second-order valence-corrected chi connectivity index (χ2v) is 6.64. The molecule has 1 aliphatic rings. The molecular weight excluding hydrogens is 246 g/mol. The molecule has 0 saturated carbocycles. The lowest BCUT2D eigenvalue weighted by Crippen LogP contribution is -2.24. The van der Waals surface area contributed by atoms with E-state index in [0.29, 0.717) is 0 Å². The van der Waals surface area contributed by atoms with Crippen LogP contribution in [0.1, 0.15) is 37.7 Å². The Morgan fingerprint density at radius 2 is 1.85 bits per heavy atom. The van der Waals surface area contributed by atoms with Gasteiger partial charge in [0.2, 0.25) is 0 Å². The van der Waals surface area contributed by atoms with Gasteiger partial charge in [0, 0.05) is 32.1 Å². The molecule has 0 amide bonds. The fourth-order valence-corrected chi connectivity index (χ4v) is 2.80. The predicted molar refractivity (Wildman–Crippen MR) is 82.8 cm³/mol. The van der Waals surface area contributed by atoms with E-state index >= 15 is 0 Å². The molecule has 2 aromatic rings. The molecule has 3 rings (SSSR count). The summed E-state index contributed by atoms with van der Waals surface area (Å²) in [6.07, 6.45) is 1.03. The minimum atomic E-state index is 0.198. The highest BCUT2D eigenvalue weighted by molar-refractivity contribution is 5.58. The lowest BCUT2D eigenvalue weighted by molar-refractivity contribution is 0.590. The van der Waals surface area contributed by atoms with E-state index in [4.69, 9.17) is 4.98 Å². The molecule has 0 fully saturated rings. The first-order valence-electron chi connectivity index (χ1n) is 7.33. The van der Waals surface area contributed by atoms with Gasteiger partial charge in [-0.05, 0) is 11.0 Å². The summed E-state index contributed by atoms with van der Waals surface area (Å²) in [6, 6.07) is 8.84. The summed E-state index contributed by atoms with van der Waals surface area (Å²) in [7, 11) is 2.12. The lowest BCUT2D eigenvalue weighted by Gasteiger charge is -2.19. The Balaban J connectivity index is 1.99. The Labute approximate surface area is 121 Å². The molecule has 0 saturated heterocycles. The van der Waals surface area contributed by atoms with Crippen LogP contribution in [0.4, 0.5) is 0 Å². The summed E-state index contributed by atoms with van der Waals surface area (Å²) in [5.74, 6) is 1.08. The topological polar surface area (TPSA) is 29.9 Å². The Hall–Kier alpha value is -1.61. The SMILES string of the molecule is Cn1c(-c2ccc(C(C)(C)C)cc2)nc2c1CNCC2. The maximum atomic E-state index is 4.84. The maximum Gasteiger partial charge on any atom is 0.140 e. The minimum Gasteiger partial charge on any atom is -0.330 e. The van der Waals surface area contributed by atoms with Gasteiger partial charge in [0.1, 0.15) is 5.82 Å². The lowest BCUT2D eigenvalue weighted by atomic mass is 9.87. The van der Waals surface area contributed by atoms with E-state index in [0.717, 1.165) is 25.3 Å². The van der Waals surface area contributed by atoms with E-state index in [1.165, 1.54) is 22.5 Å². The number of benzene rings is 1. The van der Waals surface area contributed by atoms with Gasteiger partial charge < -0.3 is 9.88 Å². The van der Waals surface area contributed by atoms with Crippen LogP contribution in [0.15, 0.2) is 24.3 Å². The second kappa shape index (κ2) is 4.74. The molecule has 0 atom stereocenters. The fourth-order valence-electron chi connectivity index (χ4n) is 2.80. The van der Waals surface area contributed by atoms with Gasteiger partial charge in [-0.25, -0.2) is 4.98 Å². The number of imidazole rings is 1. The van der Waals surface area contributed by atoms with Crippen LogP contribution < -0.4 is 5.32 Å². The van der Waals surface area contributed by atoms with Crippen LogP contribution in [0.25, 0.3) is 11.4 Å². The van der Waals surface area contributed by atoms with E-state index in [1.54, 1.807) is 0 Å². The van der Waals surface area contributed by atoms with Gasteiger partial charge in [-0.15, -0.1) is 0 Å². The number of fused-ring (bicyclic) bond motifs is 1. The quantitative estimate of drug-likeness (QED) is 0.862. The summed E-state index contributed by atoms with van der Waals surface area (Å²) in [5.41, 5.74) is 5.34. The highest BCUT2D eigenvalue weighted by Crippen LogP contribution is 2.27. The zero-order valence-corrected chi connectivity index (χ0v) is 12.8. The summed E-state index contributed by atoms with van der Waals surface area (Å²) in [5, 5.41) is 3.41. The molecule has 20 heavy (non-hydrogen) atoms. The number of hydrogen-bond donors (Lipinski definition) is 1. The molecule has 0 spiro atoms. The van der Waals surface area contributed by atoms with Gasteiger partial charge in [0.05, 0.1) is 11.4 Å². The van der Waals surface area contributed by atoms with Gasteiger partial charge in [-0.2, -0.15) is 0 Å². The first-order chi connectivity index (χ1) is 9.47. The Morgan fingerprint density at radius 1 is 1.15 bits per heavy atom. The summed E-state index contributed by atoms with van der Waals surface area (Å²) in [6.45, 7) is 8.69. The van der Waals surface area contributed by atoms with Crippen molar-refractivity contribution in [2.75, 3.05) is 6.54 Å². The molecule has 1 aromatic heterocycles. The van der Waals surface area contributed by atoms with Crippen LogP contribution in [0.2, 0.25) is 0 Å². The summed E-state index contributed by atoms with van der Waals surface area (Å²) >= 11 is 0. The van der Waals surface area contributed by atoms with Crippen LogP contribution >= 0.6 is 0 Å². The zero-order valence-electron chi connectivity index (χ0n) is 12.8. The fraction of sp³-hybridized carbons (Fsp3) is 0.471. The monoisotopic (exact) mass is 269 g/mol. The first kappa shape index (κ1) is 13.4. The van der Waals surface area contributed by atoms with Crippen molar-refractivity contribution < 1.29 is 0 Å². The molecule has 0 bridgehead atoms. The van der Waals surface area contributed by atoms with Crippen LogP contribution in [0, 0.1) is 0 Å². The smallest absolute Gasteiger partial charge is 0.140 e.